The summed E-state index contributed by atoms with van der Waals surface area (Å²) in [5, 5.41) is 3.30. The van der Waals surface area contributed by atoms with Gasteiger partial charge in [0.2, 0.25) is 0 Å². The quantitative estimate of drug-likeness (QED) is 0.876. The van der Waals surface area contributed by atoms with Crippen LogP contribution in [0.15, 0.2) is 17.2 Å². The van der Waals surface area contributed by atoms with Crippen LogP contribution in [0.25, 0.3) is 0 Å². The maximum absolute atomic E-state index is 12.1. The van der Waals surface area contributed by atoms with Crippen molar-refractivity contribution in [2.75, 3.05) is 5.32 Å². The van der Waals surface area contributed by atoms with Gasteiger partial charge in [-0.2, -0.15) is 0 Å². The Morgan fingerprint density at radius 3 is 2.71 bits per heavy atom. The van der Waals surface area contributed by atoms with Gasteiger partial charge in [-0.15, -0.1) is 0 Å². The Labute approximate surface area is 102 Å². The molecule has 1 aromatic heterocycles. The van der Waals surface area contributed by atoms with Crippen LogP contribution in [0.2, 0.25) is 0 Å². The van der Waals surface area contributed by atoms with E-state index in [4.69, 9.17) is 0 Å². The SMILES string of the molecule is CC(C)n1ccnc(NC2CCCCC2)c1=O. The topological polar surface area (TPSA) is 46.9 Å². The minimum atomic E-state index is -0.00641. The Hall–Kier alpha value is -1.32. The number of rotatable bonds is 3. The molecule has 1 aliphatic carbocycles. The molecule has 0 spiro atoms. The predicted octanol–water partition coefficient (Wildman–Crippen LogP) is 2.57. The van der Waals surface area contributed by atoms with Crippen molar-refractivity contribution >= 4 is 5.82 Å². The molecule has 1 aromatic rings. The molecule has 0 bridgehead atoms. The molecule has 0 amide bonds. The molecule has 1 heterocycles. The van der Waals surface area contributed by atoms with Crippen molar-refractivity contribution in [1.29, 1.82) is 0 Å². The lowest BCUT2D eigenvalue weighted by atomic mass is 9.95. The zero-order valence-electron chi connectivity index (χ0n) is 10.6. The molecule has 0 saturated heterocycles. The maximum Gasteiger partial charge on any atom is 0.293 e. The molecule has 4 heteroatoms. The maximum atomic E-state index is 12.1. The molecular formula is C13H21N3O. The summed E-state index contributed by atoms with van der Waals surface area (Å²) in [5.74, 6) is 0.508. The van der Waals surface area contributed by atoms with Crippen LogP contribution in [0.3, 0.4) is 0 Å². The van der Waals surface area contributed by atoms with Gasteiger partial charge in [0.05, 0.1) is 0 Å². The van der Waals surface area contributed by atoms with Crippen LogP contribution in [0.1, 0.15) is 52.0 Å². The van der Waals surface area contributed by atoms with E-state index in [0.29, 0.717) is 11.9 Å². The Balaban J connectivity index is 2.15. The fourth-order valence-electron chi connectivity index (χ4n) is 2.37. The second-order valence-electron chi connectivity index (χ2n) is 5.06. The molecule has 0 atom stereocenters. The number of anilines is 1. The molecule has 0 aliphatic heterocycles. The van der Waals surface area contributed by atoms with Crippen LogP contribution in [-0.4, -0.2) is 15.6 Å². The Morgan fingerprint density at radius 2 is 2.06 bits per heavy atom. The summed E-state index contributed by atoms with van der Waals surface area (Å²) in [4.78, 5) is 16.3. The third-order valence-corrected chi connectivity index (χ3v) is 3.37. The van der Waals surface area contributed by atoms with E-state index >= 15 is 0 Å². The van der Waals surface area contributed by atoms with Crippen LogP contribution < -0.4 is 10.9 Å². The fraction of sp³-hybridized carbons (Fsp3) is 0.692. The van der Waals surface area contributed by atoms with Crippen LogP contribution in [0, 0.1) is 0 Å². The first-order valence-electron chi connectivity index (χ1n) is 6.52. The summed E-state index contributed by atoms with van der Waals surface area (Å²) in [6, 6.07) is 0.601. The molecule has 1 saturated carbocycles. The Kier molecular flexibility index (Phi) is 3.82. The monoisotopic (exact) mass is 235 g/mol. The Morgan fingerprint density at radius 1 is 1.35 bits per heavy atom. The molecule has 0 aromatic carbocycles. The van der Waals surface area contributed by atoms with Crippen molar-refractivity contribution in [3.8, 4) is 0 Å². The lowest BCUT2D eigenvalue weighted by Crippen LogP contribution is -2.30. The number of hydrogen-bond acceptors (Lipinski definition) is 3. The van der Waals surface area contributed by atoms with Crippen molar-refractivity contribution in [2.45, 2.75) is 58.0 Å². The first kappa shape index (κ1) is 12.1. The van der Waals surface area contributed by atoms with E-state index in [0.717, 1.165) is 12.8 Å². The van der Waals surface area contributed by atoms with Gasteiger partial charge in [-0.1, -0.05) is 19.3 Å². The largest absolute Gasteiger partial charge is 0.363 e. The van der Waals surface area contributed by atoms with E-state index in [1.165, 1.54) is 19.3 Å². The third-order valence-electron chi connectivity index (χ3n) is 3.37. The van der Waals surface area contributed by atoms with Crippen LogP contribution in [-0.2, 0) is 0 Å². The highest BCUT2D eigenvalue weighted by Crippen LogP contribution is 2.19. The average molecular weight is 235 g/mol. The van der Waals surface area contributed by atoms with Gasteiger partial charge in [0.15, 0.2) is 5.82 Å². The highest BCUT2D eigenvalue weighted by Gasteiger charge is 2.15. The Bertz CT molecular complexity index is 419. The highest BCUT2D eigenvalue weighted by atomic mass is 16.1. The van der Waals surface area contributed by atoms with Gasteiger partial charge in [0, 0.05) is 24.5 Å². The van der Waals surface area contributed by atoms with E-state index in [9.17, 15) is 4.79 Å². The second-order valence-corrected chi connectivity index (χ2v) is 5.06. The van der Waals surface area contributed by atoms with Crippen molar-refractivity contribution < 1.29 is 0 Å². The lowest BCUT2D eigenvalue weighted by molar-refractivity contribution is 0.460. The van der Waals surface area contributed by atoms with Crippen molar-refractivity contribution in [2.24, 2.45) is 0 Å². The molecular weight excluding hydrogens is 214 g/mol. The lowest BCUT2D eigenvalue weighted by Gasteiger charge is -2.23. The van der Waals surface area contributed by atoms with Crippen LogP contribution >= 0.6 is 0 Å². The standard InChI is InChI=1S/C13H21N3O/c1-10(2)16-9-8-14-12(13(16)17)15-11-6-4-3-5-7-11/h8-11H,3-7H2,1-2H3,(H,14,15). The van der Waals surface area contributed by atoms with Crippen molar-refractivity contribution in [3.63, 3.8) is 0 Å². The van der Waals surface area contributed by atoms with E-state index in [2.05, 4.69) is 10.3 Å². The predicted molar refractivity (Wildman–Crippen MR) is 69.4 cm³/mol. The number of hydrogen-bond donors (Lipinski definition) is 1. The molecule has 1 N–H and O–H groups in total. The van der Waals surface area contributed by atoms with Crippen LogP contribution in [0.4, 0.5) is 5.82 Å². The van der Waals surface area contributed by atoms with Gasteiger partial charge in [-0.3, -0.25) is 4.79 Å². The number of nitrogens with zero attached hydrogens (tertiary/aromatic N) is 2. The van der Waals surface area contributed by atoms with Gasteiger partial charge in [-0.05, 0) is 26.7 Å². The molecule has 1 aliphatic rings. The summed E-state index contributed by atoms with van der Waals surface area (Å²) in [7, 11) is 0. The summed E-state index contributed by atoms with van der Waals surface area (Å²) in [5.41, 5.74) is -0.00641. The van der Waals surface area contributed by atoms with Gasteiger partial charge in [-0.25, -0.2) is 4.98 Å². The summed E-state index contributed by atoms with van der Waals surface area (Å²) < 4.78 is 1.72. The third kappa shape index (κ3) is 2.87. The summed E-state index contributed by atoms with van der Waals surface area (Å²) >= 11 is 0. The second kappa shape index (κ2) is 5.34. The average Bonchev–Trinajstić information content (AvgIpc) is 2.33. The summed E-state index contributed by atoms with van der Waals surface area (Å²) in [6.07, 6.45) is 9.57. The molecule has 2 rings (SSSR count). The highest BCUT2D eigenvalue weighted by molar-refractivity contribution is 5.32. The van der Waals surface area contributed by atoms with E-state index in [1.54, 1.807) is 17.0 Å². The van der Waals surface area contributed by atoms with Gasteiger partial charge < -0.3 is 9.88 Å². The minimum absolute atomic E-state index is 0.00641. The summed E-state index contributed by atoms with van der Waals surface area (Å²) in [6.45, 7) is 4.01. The van der Waals surface area contributed by atoms with E-state index < -0.39 is 0 Å². The molecule has 0 radical (unpaired) electrons. The van der Waals surface area contributed by atoms with Gasteiger partial charge >= 0.3 is 0 Å². The van der Waals surface area contributed by atoms with E-state index in [-0.39, 0.29) is 11.6 Å². The van der Waals surface area contributed by atoms with E-state index in [1.807, 2.05) is 13.8 Å². The first-order valence-corrected chi connectivity index (χ1v) is 6.52. The fourth-order valence-corrected chi connectivity index (χ4v) is 2.37. The zero-order valence-corrected chi connectivity index (χ0v) is 10.6. The molecule has 17 heavy (non-hydrogen) atoms. The minimum Gasteiger partial charge on any atom is -0.363 e. The molecule has 0 unspecified atom stereocenters. The number of nitrogens with one attached hydrogen (secondary N) is 1. The molecule has 1 fully saturated rings. The van der Waals surface area contributed by atoms with Gasteiger partial charge in [0.1, 0.15) is 0 Å². The molecule has 94 valence electrons. The van der Waals surface area contributed by atoms with Crippen molar-refractivity contribution in [3.05, 3.63) is 22.7 Å². The van der Waals surface area contributed by atoms with Gasteiger partial charge in [0.25, 0.3) is 5.56 Å². The smallest absolute Gasteiger partial charge is 0.293 e. The van der Waals surface area contributed by atoms with Crippen molar-refractivity contribution in [1.82, 2.24) is 9.55 Å². The normalized spacial score (nSPS) is 17.4. The molecule has 4 nitrogen and oxygen atoms in total. The zero-order chi connectivity index (χ0) is 12.3. The first-order chi connectivity index (χ1) is 8.18. The number of aromatic nitrogens is 2. The van der Waals surface area contributed by atoms with Crippen LogP contribution in [0.5, 0.6) is 0 Å².